The third kappa shape index (κ3) is 3.84. The fraction of sp³-hybridized carbons (Fsp3) is 0.300. The van der Waals surface area contributed by atoms with Gasteiger partial charge in [-0.05, 0) is 24.3 Å². The second-order valence-electron chi connectivity index (χ2n) is 7.62. The van der Waals surface area contributed by atoms with Gasteiger partial charge in [-0.15, -0.1) is 0 Å². The number of thioether (sulfide) groups is 1. The zero-order chi connectivity index (χ0) is 21.8. The second-order valence-corrected chi connectivity index (χ2v) is 11.6. The van der Waals surface area contributed by atoms with Gasteiger partial charge in [0.15, 0.2) is 17.8 Å². The second kappa shape index (κ2) is 7.80. The number of H-pyrrole nitrogens is 1. The predicted octanol–water partition coefficient (Wildman–Crippen LogP) is 2.13. The highest BCUT2D eigenvalue weighted by Crippen LogP contribution is 2.38. The Morgan fingerprint density at radius 1 is 1.19 bits per heavy atom. The van der Waals surface area contributed by atoms with Crippen molar-refractivity contribution in [3.8, 4) is 0 Å². The van der Waals surface area contributed by atoms with Crippen LogP contribution in [0.15, 0.2) is 57.1 Å². The van der Waals surface area contributed by atoms with Crippen LogP contribution in [0.5, 0.6) is 0 Å². The SMILES string of the molecule is C[n+]1ccc2c(c1)SC(C(=O)N1CCN(S(=O)(=O)c3cc4cc(Br)ccc4[nH]3)CC1)N2. The standard InChI is InChI=1S/C20H20BrN5O3S2/c1-24-5-4-16-17(12-24)30-19(23-16)20(27)25-6-8-26(9-7-25)31(28,29)18-11-13-10-14(21)2-3-15(13)22-18/h2-5,10-12,19,22H,6-9H2,1H3/p+1. The minimum Gasteiger partial charge on any atom is -0.364 e. The summed E-state index contributed by atoms with van der Waals surface area (Å²) < 4.78 is 30.5. The summed E-state index contributed by atoms with van der Waals surface area (Å²) in [5.74, 6) is -0.0173. The van der Waals surface area contributed by atoms with Crippen molar-refractivity contribution in [1.29, 1.82) is 0 Å². The number of nitrogens with one attached hydrogen (secondary N) is 2. The molecule has 0 bridgehead atoms. The van der Waals surface area contributed by atoms with Gasteiger partial charge in [0.05, 0.1) is 10.6 Å². The zero-order valence-corrected chi connectivity index (χ0v) is 19.9. The van der Waals surface area contributed by atoms with Crippen molar-refractivity contribution in [1.82, 2.24) is 14.2 Å². The van der Waals surface area contributed by atoms with Crippen LogP contribution in [-0.2, 0) is 21.9 Å². The number of nitrogens with zero attached hydrogens (tertiary/aromatic N) is 3. The molecule has 1 aromatic carbocycles. The number of amides is 1. The van der Waals surface area contributed by atoms with Gasteiger partial charge in [0.25, 0.3) is 15.9 Å². The topological polar surface area (TPSA) is 89.4 Å². The number of aromatic nitrogens is 2. The molecule has 1 atom stereocenters. The molecule has 8 nitrogen and oxygen atoms in total. The molecule has 11 heteroatoms. The van der Waals surface area contributed by atoms with Gasteiger partial charge in [0.2, 0.25) is 0 Å². The van der Waals surface area contributed by atoms with E-state index in [9.17, 15) is 13.2 Å². The summed E-state index contributed by atoms with van der Waals surface area (Å²) in [7, 11) is -1.71. The first kappa shape index (κ1) is 20.8. The van der Waals surface area contributed by atoms with Crippen LogP contribution in [0.4, 0.5) is 5.69 Å². The van der Waals surface area contributed by atoms with Crippen LogP contribution >= 0.6 is 27.7 Å². The Kier molecular flexibility index (Phi) is 5.24. The Balaban J connectivity index is 1.26. The number of anilines is 1. The van der Waals surface area contributed by atoms with Crippen molar-refractivity contribution in [2.75, 3.05) is 31.5 Å². The summed E-state index contributed by atoms with van der Waals surface area (Å²) in [6.07, 6.45) is 3.93. The van der Waals surface area contributed by atoms with E-state index in [1.807, 2.05) is 48.3 Å². The first-order chi connectivity index (χ1) is 14.8. The number of hydrogen-bond acceptors (Lipinski definition) is 5. The molecule has 0 radical (unpaired) electrons. The average molecular weight is 523 g/mol. The molecule has 4 heterocycles. The Hall–Kier alpha value is -2.08. The van der Waals surface area contributed by atoms with Gasteiger partial charge in [-0.1, -0.05) is 27.7 Å². The van der Waals surface area contributed by atoms with Gasteiger partial charge >= 0.3 is 0 Å². The third-order valence-electron chi connectivity index (χ3n) is 5.54. The van der Waals surface area contributed by atoms with Gasteiger partial charge in [0, 0.05) is 47.6 Å². The number of carbonyl (C=O) groups excluding carboxylic acids is 1. The number of halogens is 1. The van der Waals surface area contributed by atoms with Crippen molar-refractivity contribution >= 4 is 60.2 Å². The van der Waals surface area contributed by atoms with Crippen molar-refractivity contribution in [2.45, 2.75) is 15.3 Å². The van der Waals surface area contributed by atoms with E-state index in [4.69, 9.17) is 0 Å². The number of benzene rings is 1. The molecule has 1 unspecified atom stereocenters. The quantitative estimate of drug-likeness (QED) is 0.514. The molecule has 1 fully saturated rings. The fourth-order valence-electron chi connectivity index (χ4n) is 3.86. The first-order valence-electron chi connectivity index (χ1n) is 9.81. The highest BCUT2D eigenvalue weighted by molar-refractivity contribution is 9.10. The molecule has 2 aliphatic rings. The molecule has 1 amide bonds. The lowest BCUT2D eigenvalue weighted by Crippen LogP contribution is -2.53. The molecule has 31 heavy (non-hydrogen) atoms. The molecular weight excluding hydrogens is 502 g/mol. The molecule has 5 rings (SSSR count). The lowest BCUT2D eigenvalue weighted by molar-refractivity contribution is -0.673. The van der Waals surface area contributed by atoms with E-state index in [-0.39, 0.29) is 29.4 Å². The maximum atomic E-state index is 13.1. The van der Waals surface area contributed by atoms with Gasteiger partial charge in [0.1, 0.15) is 12.1 Å². The Morgan fingerprint density at radius 3 is 2.74 bits per heavy atom. The summed E-state index contributed by atoms with van der Waals surface area (Å²) in [4.78, 5) is 18.8. The summed E-state index contributed by atoms with van der Waals surface area (Å²) >= 11 is 4.91. The number of sulfonamides is 1. The van der Waals surface area contributed by atoms with E-state index in [0.717, 1.165) is 26.0 Å². The van der Waals surface area contributed by atoms with E-state index >= 15 is 0 Å². The lowest BCUT2D eigenvalue weighted by atomic mass is 10.3. The minimum atomic E-state index is -3.65. The largest absolute Gasteiger partial charge is 0.364 e. The minimum absolute atomic E-state index is 0.0173. The molecule has 0 spiro atoms. The molecule has 2 aliphatic heterocycles. The van der Waals surface area contributed by atoms with E-state index in [0.29, 0.717) is 13.1 Å². The number of hydrogen-bond donors (Lipinski definition) is 2. The van der Waals surface area contributed by atoms with Crippen LogP contribution in [0, 0.1) is 0 Å². The Labute approximate surface area is 192 Å². The van der Waals surface area contributed by atoms with Crippen LogP contribution < -0.4 is 9.88 Å². The van der Waals surface area contributed by atoms with E-state index < -0.39 is 10.0 Å². The van der Waals surface area contributed by atoms with Crippen molar-refractivity contribution in [3.63, 3.8) is 0 Å². The van der Waals surface area contributed by atoms with Gasteiger partial charge in [-0.3, -0.25) is 4.79 Å². The van der Waals surface area contributed by atoms with Gasteiger partial charge in [-0.2, -0.15) is 4.31 Å². The molecule has 0 aliphatic carbocycles. The molecule has 0 saturated carbocycles. The molecule has 1 saturated heterocycles. The number of carbonyl (C=O) groups is 1. The normalized spacial score (nSPS) is 19.4. The van der Waals surface area contributed by atoms with Crippen LogP contribution in [0.1, 0.15) is 0 Å². The number of fused-ring (bicyclic) bond motifs is 2. The molecule has 162 valence electrons. The van der Waals surface area contributed by atoms with Crippen molar-refractivity contribution in [2.24, 2.45) is 7.05 Å². The van der Waals surface area contributed by atoms with Crippen LogP contribution in [-0.4, -0.2) is 60.1 Å². The smallest absolute Gasteiger partial charge is 0.258 e. The Bertz CT molecular complexity index is 1290. The van der Waals surface area contributed by atoms with E-state index in [1.165, 1.54) is 16.1 Å². The number of piperazine rings is 1. The number of aryl methyl sites for hydroxylation is 1. The zero-order valence-electron chi connectivity index (χ0n) is 16.7. The van der Waals surface area contributed by atoms with E-state index in [1.54, 1.807) is 11.0 Å². The lowest BCUT2D eigenvalue weighted by Gasteiger charge is -2.34. The maximum Gasteiger partial charge on any atom is 0.258 e. The van der Waals surface area contributed by atoms with Gasteiger partial charge < -0.3 is 15.2 Å². The first-order valence-corrected chi connectivity index (χ1v) is 12.9. The average Bonchev–Trinajstić information content (AvgIpc) is 3.37. The highest BCUT2D eigenvalue weighted by atomic mass is 79.9. The fourth-order valence-corrected chi connectivity index (χ4v) is 6.85. The summed E-state index contributed by atoms with van der Waals surface area (Å²) in [5.41, 5.74) is 1.72. The van der Waals surface area contributed by atoms with E-state index in [2.05, 4.69) is 26.2 Å². The summed E-state index contributed by atoms with van der Waals surface area (Å²) in [6, 6.07) is 9.21. The van der Waals surface area contributed by atoms with Crippen LogP contribution in [0.25, 0.3) is 10.9 Å². The number of aromatic amines is 1. The predicted molar refractivity (Wildman–Crippen MR) is 122 cm³/mol. The monoisotopic (exact) mass is 522 g/mol. The van der Waals surface area contributed by atoms with Crippen molar-refractivity contribution in [3.05, 3.63) is 47.2 Å². The van der Waals surface area contributed by atoms with Crippen LogP contribution in [0.2, 0.25) is 0 Å². The molecular formula is C20H21BrN5O3S2+. The molecule has 3 aromatic rings. The van der Waals surface area contributed by atoms with Crippen molar-refractivity contribution < 1.29 is 17.8 Å². The summed E-state index contributed by atoms with van der Waals surface area (Å²) in [6.45, 7) is 1.28. The number of rotatable bonds is 3. The maximum absolute atomic E-state index is 13.1. The Morgan fingerprint density at radius 2 is 1.97 bits per heavy atom. The summed E-state index contributed by atoms with van der Waals surface area (Å²) in [5, 5.41) is 3.89. The molecule has 2 N–H and O–H groups in total. The molecule has 2 aromatic heterocycles. The van der Waals surface area contributed by atoms with Crippen LogP contribution in [0.3, 0.4) is 0 Å². The number of pyridine rings is 1. The third-order valence-corrected chi connectivity index (χ3v) is 8.99. The highest BCUT2D eigenvalue weighted by Gasteiger charge is 2.36. The van der Waals surface area contributed by atoms with Gasteiger partial charge in [-0.25, -0.2) is 13.0 Å².